The zero-order chi connectivity index (χ0) is 17.6. The Hall–Kier alpha value is -3.40. The number of hydrogen-bond donors (Lipinski definition) is 1. The standard InChI is InChI=1S/C18H17N5O2/c19-13-14-4-6-15(7-5-14)21-17(24)18(25)23-11-9-22(10-12-23)16-3-1-2-8-20-16/h1-8H,9-12H2,(H,21,24). The van der Waals surface area contributed by atoms with Gasteiger partial charge in [0.05, 0.1) is 11.6 Å². The van der Waals surface area contributed by atoms with E-state index in [0.29, 0.717) is 37.4 Å². The first-order valence-electron chi connectivity index (χ1n) is 7.94. The molecule has 0 radical (unpaired) electrons. The Morgan fingerprint density at radius 3 is 2.36 bits per heavy atom. The first-order valence-corrected chi connectivity index (χ1v) is 7.94. The van der Waals surface area contributed by atoms with E-state index < -0.39 is 11.8 Å². The number of piperazine rings is 1. The molecule has 0 spiro atoms. The number of carbonyl (C=O) groups is 2. The highest BCUT2D eigenvalue weighted by atomic mass is 16.2. The molecule has 126 valence electrons. The summed E-state index contributed by atoms with van der Waals surface area (Å²) in [5.41, 5.74) is 0.986. The lowest BCUT2D eigenvalue weighted by atomic mass is 10.2. The third-order valence-electron chi connectivity index (χ3n) is 4.01. The summed E-state index contributed by atoms with van der Waals surface area (Å²) in [5.74, 6) is -0.349. The topological polar surface area (TPSA) is 89.3 Å². The number of rotatable bonds is 2. The molecular formula is C18H17N5O2. The highest BCUT2D eigenvalue weighted by molar-refractivity contribution is 6.39. The first-order chi connectivity index (χ1) is 12.2. The Balaban J connectivity index is 1.55. The third kappa shape index (κ3) is 3.93. The molecule has 1 aromatic carbocycles. The third-order valence-corrected chi connectivity index (χ3v) is 4.01. The fraction of sp³-hybridized carbons (Fsp3) is 0.222. The zero-order valence-corrected chi connectivity index (χ0v) is 13.6. The average molecular weight is 335 g/mol. The van der Waals surface area contributed by atoms with Gasteiger partial charge < -0.3 is 15.1 Å². The van der Waals surface area contributed by atoms with Crippen molar-refractivity contribution in [2.45, 2.75) is 0 Å². The number of anilines is 2. The Morgan fingerprint density at radius 1 is 1.04 bits per heavy atom. The van der Waals surface area contributed by atoms with Crippen molar-refractivity contribution in [1.29, 1.82) is 5.26 Å². The maximum Gasteiger partial charge on any atom is 0.313 e. The lowest BCUT2D eigenvalue weighted by molar-refractivity contribution is -0.143. The number of carbonyl (C=O) groups excluding carboxylic acids is 2. The van der Waals surface area contributed by atoms with Crippen molar-refractivity contribution in [3.63, 3.8) is 0 Å². The van der Waals surface area contributed by atoms with Crippen LogP contribution in [0.25, 0.3) is 0 Å². The highest BCUT2D eigenvalue weighted by Crippen LogP contribution is 2.13. The van der Waals surface area contributed by atoms with E-state index in [2.05, 4.69) is 15.2 Å². The molecule has 2 amide bonds. The number of benzene rings is 1. The Bertz CT molecular complexity index is 790. The molecule has 1 aliphatic heterocycles. The van der Waals surface area contributed by atoms with Crippen LogP contribution in [-0.4, -0.2) is 47.9 Å². The van der Waals surface area contributed by atoms with Crippen LogP contribution in [0, 0.1) is 11.3 Å². The predicted octanol–water partition coefficient (Wildman–Crippen LogP) is 1.24. The van der Waals surface area contributed by atoms with Gasteiger partial charge in [-0.25, -0.2) is 4.98 Å². The van der Waals surface area contributed by atoms with Gasteiger partial charge in [0.1, 0.15) is 5.82 Å². The lowest BCUT2D eigenvalue weighted by Gasteiger charge is -2.34. The summed E-state index contributed by atoms with van der Waals surface area (Å²) in [4.78, 5) is 32.3. The molecule has 2 aromatic rings. The van der Waals surface area contributed by atoms with Gasteiger partial charge in [-0.2, -0.15) is 5.26 Å². The number of nitrogens with zero attached hydrogens (tertiary/aromatic N) is 4. The number of hydrogen-bond acceptors (Lipinski definition) is 5. The largest absolute Gasteiger partial charge is 0.353 e. The molecule has 0 unspecified atom stereocenters. The van der Waals surface area contributed by atoms with Crippen LogP contribution in [0.15, 0.2) is 48.7 Å². The van der Waals surface area contributed by atoms with Gasteiger partial charge in [-0.15, -0.1) is 0 Å². The molecular weight excluding hydrogens is 318 g/mol. The molecule has 1 saturated heterocycles. The van der Waals surface area contributed by atoms with Gasteiger partial charge in [-0.1, -0.05) is 6.07 Å². The Labute approximate surface area is 145 Å². The van der Waals surface area contributed by atoms with E-state index in [9.17, 15) is 9.59 Å². The van der Waals surface area contributed by atoms with E-state index in [-0.39, 0.29) is 0 Å². The van der Waals surface area contributed by atoms with Crippen LogP contribution in [0.4, 0.5) is 11.5 Å². The SMILES string of the molecule is N#Cc1ccc(NC(=O)C(=O)N2CCN(c3ccccn3)CC2)cc1. The fourth-order valence-electron chi connectivity index (χ4n) is 2.64. The molecule has 1 aliphatic rings. The summed E-state index contributed by atoms with van der Waals surface area (Å²) in [6.45, 7) is 2.20. The minimum Gasteiger partial charge on any atom is -0.353 e. The summed E-state index contributed by atoms with van der Waals surface area (Å²) in [7, 11) is 0. The van der Waals surface area contributed by atoms with Gasteiger partial charge in [0.25, 0.3) is 0 Å². The van der Waals surface area contributed by atoms with E-state index in [1.165, 1.54) is 0 Å². The van der Waals surface area contributed by atoms with E-state index in [0.717, 1.165) is 5.82 Å². The summed E-state index contributed by atoms with van der Waals surface area (Å²) in [6.07, 6.45) is 1.73. The van der Waals surface area contributed by atoms with Gasteiger partial charge in [0.15, 0.2) is 0 Å². The molecule has 1 N–H and O–H groups in total. The predicted molar refractivity (Wildman–Crippen MR) is 92.8 cm³/mol. The number of pyridine rings is 1. The van der Waals surface area contributed by atoms with Crippen LogP contribution in [-0.2, 0) is 9.59 Å². The summed E-state index contributed by atoms with van der Waals surface area (Å²) in [5, 5.41) is 11.3. The van der Waals surface area contributed by atoms with Crippen LogP contribution in [0.5, 0.6) is 0 Å². The van der Waals surface area contributed by atoms with E-state index in [4.69, 9.17) is 5.26 Å². The van der Waals surface area contributed by atoms with E-state index >= 15 is 0 Å². The first kappa shape index (κ1) is 16.5. The van der Waals surface area contributed by atoms with Gasteiger partial charge in [-0.05, 0) is 36.4 Å². The van der Waals surface area contributed by atoms with Gasteiger partial charge in [-0.3, -0.25) is 9.59 Å². The molecule has 1 aromatic heterocycles. The molecule has 0 atom stereocenters. The van der Waals surface area contributed by atoms with Crippen molar-refractivity contribution >= 4 is 23.3 Å². The molecule has 3 rings (SSSR count). The monoisotopic (exact) mass is 335 g/mol. The number of nitriles is 1. The maximum atomic E-state index is 12.3. The van der Waals surface area contributed by atoms with E-state index in [1.54, 1.807) is 35.4 Å². The smallest absolute Gasteiger partial charge is 0.313 e. The average Bonchev–Trinajstić information content (AvgIpc) is 2.69. The van der Waals surface area contributed by atoms with Crippen molar-refractivity contribution in [2.75, 3.05) is 36.4 Å². The molecule has 1 fully saturated rings. The van der Waals surface area contributed by atoms with Crippen molar-refractivity contribution in [3.8, 4) is 6.07 Å². The minimum atomic E-state index is -0.670. The van der Waals surface area contributed by atoms with Crippen LogP contribution in [0.2, 0.25) is 0 Å². The molecule has 25 heavy (non-hydrogen) atoms. The quantitative estimate of drug-likeness (QED) is 0.834. The highest BCUT2D eigenvalue weighted by Gasteiger charge is 2.26. The number of nitrogens with one attached hydrogen (secondary N) is 1. The maximum absolute atomic E-state index is 12.3. The summed E-state index contributed by atoms with van der Waals surface area (Å²) < 4.78 is 0. The lowest BCUT2D eigenvalue weighted by Crippen LogP contribution is -2.51. The van der Waals surface area contributed by atoms with Gasteiger partial charge in [0.2, 0.25) is 0 Å². The van der Waals surface area contributed by atoms with Crippen molar-refractivity contribution in [2.24, 2.45) is 0 Å². The van der Waals surface area contributed by atoms with Crippen LogP contribution >= 0.6 is 0 Å². The fourth-order valence-corrected chi connectivity index (χ4v) is 2.64. The Morgan fingerprint density at radius 2 is 1.76 bits per heavy atom. The number of amides is 2. The second-order valence-electron chi connectivity index (χ2n) is 5.61. The zero-order valence-electron chi connectivity index (χ0n) is 13.6. The van der Waals surface area contributed by atoms with Gasteiger partial charge >= 0.3 is 11.8 Å². The van der Waals surface area contributed by atoms with Crippen LogP contribution in [0.1, 0.15) is 5.56 Å². The van der Waals surface area contributed by atoms with Crippen molar-refractivity contribution < 1.29 is 9.59 Å². The van der Waals surface area contributed by atoms with Crippen LogP contribution in [0.3, 0.4) is 0 Å². The van der Waals surface area contributed by atoms with Gasteiger partial charge in [0, 0.05) is 38.1 Å². The molecule has 7 nitrogen and oxygen atoms in total. The summed E-state index contributed by atoms with van der Waals surface area (Å²) >= 11 is 0. The number of aromatic nitrogens is 1. The second kappa shape index (κ2) is 7.45. The second-order valence-corrected chi connectivity index (χ2v) is 5.61. The minimum absolute atomic E-state index is 0.468. The molecule has 0 bridgehead atoms. The molecule has 0 saturated carbocycles. The molecule has 7 heteroatoms. The van der Waals surface area contributed by atoms with Crippen molar-refractivity contribution in [3.05, 3.63) is 54.2 Å². The van der Waals surface area contributed by atoms with Crippen LogP contribution < -0.4 is 10.2 Å². The normalized spacial score (nSPS) is 13.9. The molecule has 0 aliphatic carbocycles. The van der Waals surface area contributed by atoms with Crippen molar-refractivity contribution in [1.82, 2.24) is 9.88 Å². The summed E-state index contributed by atoms with van der Waals surface area (Å²) in [6, 6.07) is 14.1. The molecule has 2 heterocycles. The Kier molecular flexibility index (Phi) is 4.90. The van der Waals surface area contributed by atoms with E-state index in [1.807, 2.05) is 24.3 Å².